The van der Waals surface area contributed by atoms with Crippen LogP contribution in [0.2, 0.25) is 0 Å². The van der Waals surface area contributed by atoms with Gasteiger partial charge in [-0.25, -0.2) is 4.79 Å². The van der Waals surface area contributed by atoms with Gasteiger partial charge in [0.1, 0.15) is 0 Å². The third kappa shape index (κ3) is 3.54. The van der Waals surface area contributed by atoms with Gasteiger partial charge in [0, 0.05) is 11.1 Å². The number of fused-ring (bicyclic) bond motifs is 1. The summed E-state index contributed by atoms with van der Waals surface area (Å²) in [5.74, 6) is -2.24. The molecular formula is C22H24N2O5. The summed E-state index contributed by atoms with van der Waals surface area (Å²) in [5, 5.41) is 11.3. The van der Waals surface area contributed by atoms with E-state index in [1.54, 1.807) is 31.2 Å². The number of carbonyl (C=O) groups excluding carboxylic acids is 3. The Hall–Kier alpha value is -3.03. The molecular weight excluding hydrogens is 372 g/mol. The Morgan fingerprint density at radius 2 is 1.76 bits per heavy atom. The molecule has 1 unspecified atom stereocenters. The van der Waals surface area contributed by atoms with Gasteiger partial charge in [-0.3, -0.25) is 14.5 Å². The second-order valence-electron chi connectivity index (χ2n) is 7.02. The topological polar surface area (TPSA) is 110 Å². The first-order chi connectivity index (χ1) is 13.8. The lowest BCUT2D eigenvalue weighted by Gasteiger charge is -2.38. The number of ketones is 1. The highest BCUT2D eigenvalue weighted by Gasteiger charge is 2.55. The van der Waals surface area contributed by atoms with Gasteiger partial charge in [0.05, 0.1) is 13.2 Å². The first kappa shape index (κ1) is 20.7. The number of amides is 1. The Morgan fingerprint density at radius 1 is 1.14 bits per heavy atom. The minimum absolute atomic E-state index is 0.0877. The average molecular weight is 396 g/mol. The maximum Gasteiger partial charge on any atom is 0.336 e. The van der Waals surface area contributed by atoms with Gasteiger partial charge in [0.2, 0.25) is 0 Å². The summed E-state index contributed by atoms with van der Waals surface area (Å²) in [6, 6.07) is 12.9. The maximum atomic E-state index is 13.2. The van der Waals surface area contributed by atoms with Crippen molar-refractivity contribution in [2.24, 2.45) is 5.73 Å². The van der Waals surface area contributed by atoms with Crippen molar-refractivity contribution >= 4 is 17.7 Å². The summed E-state index contributed by atoms with van der Waals surface area (Å²) in [6.07, 6.45) is 0.275. The van der Waals surface area contributed by atoms with Crippen LogP contribution in [-0.2, 0) is 26.5 Å². The van der Waals surface area contributed by atoms with Crippen molar-refractivity contribution in [2.45, 2.75) is 37.6 Å². The van der Waals surface area contributed by atoms with E-state index in [0.29, 0.717) is 5.56 Å². The molecule has 152 valence electrons. The Bertz CT molecular complexity index is 930. The predicted molar refractivity (Wildman–Crippen MR) is 106 cm³/mol. The zero-order chi connectivity index (χ0) is 21.2. The quantitative estimate of drug-likeness (QED) is 0.540. The summed E-state index contributed by atoms with van der Waals surface area (Å²) in [5.41, 5.74) is 5.72. The fraction of sp³-hybridized carbons (Fsp3) is 0.318. The first-order valence-corrected chi connectivity index (χ1v) is 9.41. The molecule has 3 N–H and O–H groups in total. The largest absolute Gasteiger partial charge is 0.467 e. The molecule has 0 saturated heterocycles. The number of Topliss-reactive ketones (excluding diaryl/α,β-unsaturated/α-hetero) is 1. The standard InChI is InChI=1S/C22H24N2O5/c1-3-22(28)16-12-8-7-11-15(16)20(26)24(22)18(21(27)29-2)19(25)17(23)13-14-9-5-4-6-10-14/h4-12,17-18,28H,3,13,23H2,1-2H3/t17-,18-,22?/m0/s1. The van der Waals surface area contributed by atoms with Crippen LogP contribution < -0.4 is 5.73 Å². The third-order valence-electron chi connectivity index (χ3n) is 5.32. The molecule has 0 aromatic heterocycles. The van der Waals surface area contributed by atoms with Crippen molar-refractivity contribution in [3.8, 4) is 0 Å². The fourth-order valence-electron chi connectivity index (χ4n) is 3.77. The van der Waals surface area contributed by atoms with E-state index in [4.69, 9.17) is 10.5 Å². The molecule has 0 fully saturated rings. The van der Waals surface area contributed by atoms with Crippen LogP contribution in [0.25, 0.3) is 0 Å². The summed E-state index contributed by atoms with van der Waals surface area (Å²) in [6.45, 7) is 1.67. The molecule has 3 rings (SSSR count). The number of hydrogen-bond donors (Lipinski definition) is 2. The van der Waals surface area contributed by atoms with Crippen LogP contribution in [0, 0.1) is 0 Å². The molecule has 0 bridgehead atoms. The Morgan fingerprint density at radius 3 is 2.38 bits per heavy atom. The van der Waals surface area contributed by atoms with Crippen LogP contribution in [0.3, 0.4) is 0 Å². The van der Waals surface area contributed by atoms with Crippen molar-refractivity contribution < 1.29 is 24.2 Å². The van der Waals surface area contributed by atoms with Crippen molar-refractivity contribution in [1.82, 2.24) is 4.90 Å². The molecule has 3 atom stereocenters. The number of esters is 1. The van der Waals surface area contributed by atoms with E-state index in [2.05, 4.69) is 0 Å². The zero-order valence-corrected chi connectivity index (χ0v) is 16.4. The monoisotopic (exact) mass is 396 g/mol. The van der Waals surface area contributed by atoms with Crippen molar-refractivity contribution in [2.75, 3.05) is 7.11 Å². The van der Waals surface area contributed by atoms with Gasteiger partial charge in [-0.1, -0.05) is 55.5 Å². The van der Waals surface area contributed by atoms with Crippen LogP contribution in [0.15, 0.2) is 54.6 Å². The number of methoxy groups -OCH3 is 1. The number of benzene rings is 2. The molecule has 0 saturated carbocycles. The van der Waals surface area contributed by atoms with Crippen molar-refractivity contribution in [3.63, 3.8) is 0 Å². The summed E-state index contributed by atoms with van der Waals surface area (Å²) in [4.78, 5) is 39.8. The molecule has 0 spiro atoms. The van der Waals surface area contributed by atoms with E-state index in [1.165, 1.54) is 0 Å². The number of hydrogen-bond acceptors (Lipinski definition) is 6. The number of nitrogens with two attached hydrogens (primary N) is 1. The van der Waals surface area contributed by atoms with E-state index >= 15 is 0 Å². The number of ether oxygens (including phenoxy) is 1. The number of rotatable bonds is 7. The van der Waals surface area contributed by atoms with Gasteiger partial charge < -0.3 is 15.6 Å². The third-order valence-corrected chi connectivity index (χ3v) is 5.32. The van der Waals surface area contributed by atoms with Gasteiger partial charge in [-0.15, -0.1) is 0 Å². The SMILES string of the molecule is CCC1(O)c2ccccc2C(=O)N1[C@H](C(=O)OC)C(=O)[C@@H](N)Cc1ccccc1. The van der Waals surface area contributed by atoms with Crippen molar-refractivity contribution in [1.29, 1.82) is 0 Å². The number of nitrogens with zero attached hydrogens (tertiary/aromatic N) is 1. The lowest BCUT2D eigenvalue weighted by molar-refractivity contribution is -0.164. The molecule has 0 radical (unpaired) electrons. The molecule has 1 amide bonds. The first-order valence-electron chi connectivity index (χ1n) is 9.41. The second kappa shape index (κ2) is 8.14. The Labute approximate surface area is 169 Å². The lowest BCUT2D eigenvalue weighted by Crippen LogP contribution is -2.59. The molecule has 29 heavy (non-hydrogen) atoms. The van der Waals surface area contributed by atoms with Gasteiger partial charge in [-0.2, -0.15) is 0 Å². The molecule has 2 aromatic rings. The molecule has 1 aliphatic rings. The van der Waals surface area contributed by atoms with E-state index < -0.39 is 35.5 Å². The summed E-state index contributed by atoms with van der Waals surface area (Å²) < 4.78 is 4.81. The molecule has 2 aromatic carbocycles. The highest BCUT2D eigenvalue weighted by atomic mass is 16.5. The minimum atomic E-state index is -1.81. The second-order valence-corrected chi connectivity index (χ2v) is 7.02. The minimum Gasteiger partial charge on any atom is -0.467 e. The molecule has 7 heteroatoms. The van der Waals surface area contributed by atoms with Crippen LogP contribution in [-0.4, -0.2) is 46.9 Å². The smallest absolute Gasteiger partial charge is 0.336 e. The van der Waals surface area contributed by atoms with Crippen molar-refractivity contribution in [3.05, 3.63) is 71.3 Å². The van der Waals surface area contributed by atoms with Crippen LogP contribution in [0.1, 0.15) is 34.8 Å². The highest BCUT2D eigenvalue weighted by molar-refractivity contribution is 6.11. The van der Waals surface area contributed by atoms with Gasteiger partial charge in [0.25, 0.3) is 5.91 Å². The highest BCUT2D eigenvalue weighted by Crippen LogP contribution is 2.41. The normalized spacial score (nSPS) is 20.1. The predicted octanol–water partition coefficient (Wildman–Crippen LogP) is 1.38. The fourth-order valence-corrected chi connectivity index (χ4v) is 3.77. The van der Waals surface area contributed by atoms with Crippen LogP contribution >= 0.6 is 0 Å². The number of carbonyl (C=O) groups is 3. The molecule has 1 heterocycles. The molecule has 0 aliphatic carbocycles. The summed E-state index contributed by atoms with van der Waals surface area (Å²) in [7, 11) is 1.13. The van der Waals surface area contributed by atoms with E-state index in [0.717, 1.165) is 17.6 Å². The lowest BCUT2D eigenvalue weighted by atomic mass is 9.94. The number of aliphatic hydroxyl groups is 1. The van der Waals surface area contributed by atoms with E-state index in [-0.39, 0.29) is 18.4 Å². The van der Waals surface area contributed by atoms with Crippen LogP contribution in [0.4, 0.5) is 0 Å². The average Bonchev–Trinajstić information content (AvgIpc) is 2.97. The molecule has 1 aliphatic heterocycles. The van der Waals surface area contributed by atoms with E-state index in [1.807, 2.05) is 30.3 Å². The van der Waals surface area contributed by atoms with Crippen LogP contribution in [0.5, 0.6) is 0 Å². The zero-order valence-electron chi connectivity index (χ0n) is 16.4. The van der Waals surface area contributed by atoms with Gasteiger partial charge in [-0.05, 0) is 24.5 Å². The van der Waals surface area contributed by atoms with Gasteiger partial charge in [0.15, 0.2) is 17.6 Å². The summed E-state index contributed by atoms with van der Waals surface area (Å²) >= 11 is 0. The Balaban J connectivity index is 2.00. The van der Waals surface area contributed by atoms with E-state index in [9.17, 15) is 19.5 Å². The Kier molecular flexibility index (Phi) is 5.81. The maximum absolute atomic E-state index is 13.2. The van der Waals surface area contributed by atoms with Gasteiger partial charge >= 0.3 is 5.97 Å². The molecule has 7 nitrogen and oxygen atoms in total.